The highest BCUT2D eigenvalue weighted by atomic mass is 35.5. The summed E-state index contributed by atoms with van der Waals surface area (Å²) in [6.07, 6.45) is 3.44. The summed E-state index contributed by atoms with van der Waals surface area (Å²) in [5.74, 6) is 0. The second-order valence-corrected chi connectivity index (χ2v) is 3.98. The molecular weight excluding hydrogens is 174 g/mol. The Bertz CT molecular complexity index is 113. The van der Waals surface area contributed by atoms with Crippen LogP contribution < -0.4 is 0 Å². The molecule has 1 saturated heterocycles. The minimum Gasteiger partial charge on any atom is -0.385 e. The van der Waals surface area contributed by atoms with Gasteiger partial charge in [-0.2, -0.15) is 0 Å². The SMILES string of the molecule is COCCCN1CCC(Cl)CC1. The predicted molar refractivity (Wildman–Crippen MR) is 51.8 cm³/mol. The van der Waals surface area contributed by atoms with Crippen LogP contribution in [0.5, 0.6) is 0 Å². The Kier molecular flexibility index (Phi) is 4.96. The quantitative estimate of drug-likeness (QED) is 0.496. The molecule has 1 fully saturated rings. The number of nitrogens with zero attached hydrogens (tertiary/aromatic N) is 1. The molecule has 1 heterocycles. The van der Waals surface area contributed by atoms with Crippen molar-refractivity contribution in [3.8, 4) is 0 Å². The van der Waals surface area contributed by atoms with E-state index in [1.807, 2.05) is 0 Å². The zero-order valence-corrected chi connectivity index (χ0v) is 8.52. The van der Waals surface area contributed by atoms with Gasteiger partial charge in [-0.25, -0.2) is 0 Å². The van der Waals surface area contributed by atoms with Gasteiger partial charge in [0.25, 0.3) is 0 Å². The topological polar surface area (TPSA) is 12.5 Å². The lowest BCUT2D eigenvalue weighted by Gasteiger charge is -2.28. The van der Waals surface area contributed by atoms with Crippen molar-refractivity contribution in [2.75, 3.05) is 33.4 Å². The maximum absolute atomic E-state index is 5.99. The summed E-state index contributed by atoms with van der Waals surface area (Å²) in [5, 5.41) is 0.420. The number of ether oxygens (including phenoxy) is 1. The van der Waals surface area contributed by atoms with E-state index in [4.69, 9.17) is 16.3 Å². The van der Waals surface area contributed by atoms with Gasteiger partial charge in [-0.1, -0.05) is 0 Å². The maximum Gasteiger partial charge on any atom is 0.0474 e. The Morgan fingerprint density at radius 3 is 2.67 bits per heavy atom. The van der Waals surface area contributed by atoms with Gasteiger partial charge in [-0.3, -0.25) is 0 Å². The van der Waals surface area contributed by atoms with Gasteiger partial charge in [0.05, 0.1) is 0 Å². The smallest absolute Gasteiger partial charge is 0.0474 e. The summed E-state index contributed by atoms with van der Waals surface area (Å²) in [7, 11) is 1.75. The average molecular weight is 192 g/mol. The molecule has 0 unspecified atom stereocenters. The fourth-order valence-electron chi connectivity index (χ4n) is 1.56. The average Bonchev–Trinajstić information content (AvgIpc) is 2.09. The lowest BCUT2D eigenvalue weighted by atomic mass is 10.1. The number of halogens is 1. The molecule has 0 amide bonds. The fourth-order valence-corrected chi connectivity index (χ4v) is 1.75. The summed E-state index contributed by atoms with van der Waals surface area (Å²) in [6, 6.07) is 0. The van der Waals surface area contributed by atoms with Gasteiger partial charge < -0.3 is 9.64 Å². The number of likely N-dealkylation sites (tertiary alicyclic amines) is 1. The molecule has 1 aliphatic rings. The predicted octanol–water partition coefficient (Wildman–Crippen LogP) is 1.73. The molecule has 0 atom stereocenters. The lowest BCUT2D eigenvalue weighted by molar-refractivity contribution is 0.162. The van der Waals surface area contributed by atoms with Crippen molar-refractivity contribution in [1.82, 2.24) is 4.90 Å². The molecule has 0 aromatic rings. The van der Waals surface area contributed by atoms with Crippen LogP contribution in [-0.2, 0) is 4.74 Å². The first-order valence-corrected chi connectivity index (χ1v) is 5.12. The molecule has 0 aromatic carbocycles. The van der Waals surface area contributed by atoms with E-state index in [2.05, 4.69) is 4.90 Å². The van der Waals surface area contributed by atoms with Crippen LogP contribution in [0, 0.1) is 0 Å². The third-order valence-corrected chi connectivity index (χ3v) is 2.78. The number of piperidine rings is 1. The Morgan fingerprint density at radius 2 is 2.08 bits per heavy atom. The monoisotopic (exact) mass is 191 g/mol. The minimum atomic E-state index is 0.420. The molecule has 0 spiro atoms. The third-order valence-electron chi connectivity index (χ3n) is 2.34. The van der Waals surface area contributed by atoms with E-state index in [9.17, 15) is 0 Å². The molecule has 0 aliphatic carbocycles. The van der Waals surface area contributed by atoms with Gasteiger partial charge in [0.15, 0.2) is 0 Å². The summed E-state index contributed by atoms with van der Waals surface area (Å²) in [5.41, 5.74) is 0. The van der Waals surface area contributed by atoms with Gasteiger partial charge in [0.1, 0.15) is 0 Å². The Hall–Kier alpha value is 0.210. The molecule has 0 N–H and O–H groups in total. The number of rotatable bonds is 4. The van der Waals surface area contributed by atoms with E-state index in [1.165, 1.54) is 0 Å². The van der Waals surface area contributed by atoms with Crippen LogP contribution in [0.4, 0.5) is 0 Å². The van der Waals surface area contributed by atoms with E-state index in [0.29, 0.717) is 5.38 Å². The minimum absolute atomic E-state index is 0.420. The largest absolute Gasteiger partial charge is 0.385 e. The summed E-state index contributed by atoms with van der Waals surface area (Å²) < 4.78 is 5.00. The first-order valence-electron chi connectivity index (χ1n) is 4.68. The van der Waals surface area contributed by atoms with E-state index in [1.54, 1.807) is 7.11 Å². The molecule has 72 valence electrons. The van der Waals surface area contributed by atoms with Gasteiger partial charge in [0.2, 0.25) is 0 Å². The zero-order valence-electron chi connectivity index (χ0n) is 7.76. The van der Waals surface area contributed by atoms with E-state index in [0.717, 1.165) is 45.5 Å². The second-order valence-electron chi connectivity index (χ2n) is 3.36. The summed E-state index contributed by atoms with van der Waals surface area (Å²) in [4.78, 5) is 2.47. The van der Waals surface area contributed by atoms with Crippen molar-refractivity contribution >= 4 is 11.6 Å². The fraction of sp³-hybridized carbons (Fsp3) is 1.00. The van der Waals surface area contributed by atoms with Crippen LogP contribution in [0.3, 0.4) is 0 Å². The molecule has 0 aromatic heterocycles. The Morgan fingerprint density at radius 1 is 1.42 bits per heavy atom. The highest BCUT2D eigenvalue weighted by molar-refractivity contribution is 6.20. The molecule has 3 heteroatoms. The van der Waals surface area contributed by atoms with Crippen LogP contribution in [0.15, 0.2) is 0 Å². The highest BCUT2D eigenvalue weighted by Crippen LogP contribution is 2.15. The summed E-state index contributed by atoms with van der Waals surface area (Å²) >= 11 is 5.99. The Labute approximate surface area is 79.8 Å². The van der Waals surface area contributed by atoms with Crippen LogP contribution in [-0.4, -0.2) is 43.6 Å². The second kappa shape index (κ2) is 5.79. The van der Waals surface area contributed by atoms with Gasteiger partial charge in [0, 0.05) is 25.6 Å². The van der Waals surface area contributed by atoms with Crippen molar-refractivity contribution in [3.05, 3.63) is 0 Å². The van der Waals surface area contributed by atoms with Crippen molar-refractivity contribution in [2.45, 2.75) is 24.6 Å². The molecule has 1 aliphatic heterocycles. The zero-order chi connectivity index (χ0) is 8.81. The Balaban J connectivity index is 2.01. The van der Waals surface area contributed by atoms with Crippen LogP contribution in [0.25, 0.3) is 0 Å². The van der Waals surface area contributed by atoms with Gasteiger partial charge in [-0.15, -0.1) is 11.6 Å². The van der Waals surface area contributed by atoms with Crippen LogP contribution in [0.2, 0.25) is 0 Å². The van der Waals surface area contributed by atoms with E-state index >= 15 is 0 Å². The highest BCUT2D eigenvalue weighted by Gasteiger charge is 2.15. The van der Waals surface area contributed by atoms with Gasteiger partial charge in [-0.05, 0) is 32.4 Å². The number of hydrogen-bond acceptors (Lipinski definition) is 2. The van der Waals surface area contributed by atoms with Gasteiger partial charge >= 0.3 is 0 Å². The molecule has 0 bridgehead atoms. The van der Waals surface area contributed by atoms with Crippen LogP contribution >= 0.6 is 11.6 Å². The first kappa shape index (κ1) is 10.3. The number of hydrogen-bond donors (Lipinski definition) is 0. The maximum atomic E-state index is 5.99. The number of alkyl halides is 1. The lowest BCUT2D eigenvalue weighted by Crippen LogP contribution is -2.35. The third kappa shape index (κ3) is 3.74. The molecule has 0 saturated carbocycles. The normalized spacial score (nSPS) is 21.5. The molecular formula is C9H18ClNO. The molecule has 0 radical (unpaired) electrons. The molecule has 1 rings (SSSR count). The summed E-state index contributed by atoms with van der Waals surface area (Å²) in [6.45, 7) is 4.37. The van der Waals surface area contributed by atoms with Crippen molar-refractivity contribution in [3.63, 3.8) is 0 Å². The first-order chi connectivity index (χ1) is 5.83. The molecule has 2 nitrogen and oxygen atoms in total. The molecule has 12 heavy (non-hydrogen) atoms. The van der Waals surface area contributed by atoms with E-state index in [-0.39, 0.29) is 0 Å². The van der Waals surface area contributed by atoms with Crippen molar-refractivity contribution < 1.29 is 4.74 Å². The van der Waals surface area contributed by atoms with Crippen LogP contribution in [0.1, 0.15) is 19.3 Å². The van der Waals surface area contributed by atoms with Crippen molar-refractivity contribution in [1.29, 1.82) is 0 Å². The standard InChI is InChI=1S/C9H18ClNO/c1-12-8-2-5-11-6-3-9(10)4-7-11/h9H,2-8H2,1H3. The number of methoxy groups -OCH3 is 1. The van der Waals surface area contributed by atoms with E-state index < -0.39 is 0 Å². The van der Waals surface area contributed by atoms with Crippen molar-refractivity contribution in [2.24, 2.45) is 0 Å².